The third-order valence-electron chi connectivity index (χ3n) is 11.9. The van der Waals surface area contributed by atoms with Crippen molar-refractivity contribution in [1.82, 2.24) is 39.0 Å². The van der Waals surface area contributed by atoms with Crippen LogP contribution in [0.3, 0.4) is 0 Å². The first-order chi connectivity index (χ1) is 26.8. The summed E-state index contributed by atoms with van der Waals surface area (Å²) in [7, 11) is 0. The van der Waals surface area contributed by atoms with Crippen LogP contribution in [-0.4, -0.2) is 39.0 Å². The Morgan fingerprint density at radius 3 is 1.78 bits per heavy atom. The molecule has 0 bridgehead atoms. The van der Waals surface area contributed by atoms with Crippen molar-refractivity contribution in [3.63, 3.8) is 0 Å². The minimum absolute atomic E-state index is 0.939. The van der Waals surface area contributed by atoms with Gasteiger partial charge in [-0.2, -0.15) is 0 Å². The molecule has 0 aliphatic heterocycles. The van der Waals surface area contributed by atoms with E-state index in [9.17, 15) is 0 Å². The second kappa shape index (κ2) is 11.3. The van der Waals surface area contributed by atoms with E-state index in [1.165, 1.54) is 82.9 Å². The Hall–Kier alpha value is -6.80. The third-order valence-corrected chi connectivity index (χ3v) is 11.9. The SMILES string of the molecule is C1=C(c2cncnc2)CCc2c1c1cc3c4c(c1n2-c1cccnc1)CCc1c-4c(cc2c4cc(-c5cncnc5)ccc4n(-c4cccnc4)c12)CC3. The summed E-state index contributed by atoms with van der Waals surface area (Å²) in [4.78, 5) is 26.5. The average molecular weight is 697 g/mol. The first kappa shape index (κ1) is 29.7. The molecule has 6 aromatic heterocycles. The van der Waals surface area contributed by atoms with Gasteiger partial charge in [-0.25, -0.2) is 19.9 Å². The van der Waals surface area contributed by atoms with E-state index in [0.717, 1.165) is 66.6 Å². The van der Waals surface area contributed by atoms with Gasteiger partial charge in [0, 0.05) is 75.7 Å². The van der Waals surface area contributed by atoms with Crippen LogP contribution in [-0.2, 0) is 32.1 Å². The smallest absolute Gasteiger partial charge is 0.115 e. The summed E-state index contributed by atoms with van der Waals surface area (Å²) in [6, 6.07) is 20.3. The lowest BCUT2D eigenvalue weighted by Gasteiger charge is -2.31. The normalized spacial score (nSPS) is 14.3. The zero-order valence-electron chi connectivity index (χ0n) is 29.4. The van der Waals surface area contributed by atoms with Gasteiger partial charge in [-0.3, -0.25) is 9.97 Å². The van der Waals surface area contributed by atoms with Crippen molar-refractivity contribution in [2.24, 2.45) is 0 Å². The fraction of sp³-hybridized carbons (Fsp3) is 0.130. The van der Waals surface area contributed by atoms with E-state index in [1.54, 1.807) is 12.7 Å². The highest BCUT2D eigenvalue weighted by Crippen LogP contribution is 2.52. The largest absolute Gasteiger partial charge is 0.311 e. The van der Waals surface area contributed by atoms with Crippen LogP contribution in [0.15, 0.2) is 117 Å². The lowest BCUT2D eigenvalue weighted by Crippen LogP contribution is -2.16. The maximum absolute atomic E-state index is 4.60. The van der Waals surface area contributed by atoms with Crippen molar-refractivity contribution in [3.8, 4) is 33.6 Å². The predicted octanol–water partition coefficient (Wildman–Crippen LogP) is 9.12. The number of hydrogen-bond donors (Lipinski definition) is 0. The highest BCUT2D eigenvalue weighted by Gasteiger charge is 2.34. The molecule has 0 fully saturated rings. The Morgan fingerprint density at radius 2 is 1.11 bits per heavy atom. The lowest BCUT2D eigenvalue weighted by atomic mass is 9.73. The summed E-state index contributed by atoms with van der Waals surface area (Å²) < 4.78 is 4.98. The maximum atomic E-state index is 4.60. The lowest BCUT2D eigenvalue weighted by molar-refractivity contribution is 0.868. The standard InChI is InChI=1S/C46H32N8/c1-3-33(23-47-13-1)53-41-11-7-27(31-19-49-25-50-20-31)15-37(41)39-17-29-5-6-30-18-40-38-16-28(32-21-51-26-52-22-32)8-12-42(38)54(34-4-2-14-48-24-34)46(40)36-10-9-35(45(39)53)43(29)44(30)36/h1-4,7,11,13-26H,5-6,8-10,12H2. The summed E-state index contributed by atoms with van der Waals surface area (Å²) >= 11 is 0. The Kier molecular flexibility index (Phi) is 6.25. The van der Waals surface area contributed by atoms with Gasteiger partial charge < -0.3 is 9.13 Å². The average Bonchev–Trinajstić information content (AvgIpc) is 3.76. The summed E-state index contributed by atoms with van der Waals surface area (Å²) in [6.45, 7) is 0. The number of aryl methyl sites for hydroxylation is 4. The van der Waals surface area contributed by atoms with Gasteiger partial charge in [0.2, 0.25) is 0 Å². The highest BCUT2D eigenvalue weighted by atomic mass is 15.0. The van der Waals surface area contributed by atoms with Crippen molar-refractivity contribution < 1.29 is 0 Å². The van der Waals surface area contributed by atoms with Crippen molar-refractivity contribution >= 4 is 44.4 Å². The van der Waals surface area contributed by atoms with E-state index in [-0.39, 0.29) is 0 Å². The molecule has 0 unspecified atom stereocenters. The summed E-state index contributed by atoms with van der Waals surface area (Å²) in [5, 5.41) is 3.88. The number of nitrogens with zero attached hydrogens (tertiary/aromatic N) is 8. The predicted molar refractivity (Wildman–Crippen MR) is 213 cm³/mol. The van der Waals surface area contributed by atoms with Gasteiger partial charge in [-0.1, -0.05) is 6.07 Å². The molecule has 6 heterocycles. The molecule has 3 aliphatic carbocycles. The summed E-state index contributed by atoms with van der Waals surface area (Å²) in [5.41, 5.74) is 21.9. The Morgan fingerprint density at radius 1 is 0.481 bits per heavy atom. The molecule has 54 heavy (non-hydrogen) atoms. The molecule has 256 valence electrons. The van der Waals surface area contributed by atoms with E-state index in [0.29, 0.717) is 0 Å². The maximum Gasteiger partial charge on any atom is 0.115 e. The Balaban J connectivity index is 1.16. The number of benzene rings is 3. The topological polar surface area (TPSA) is 87.2 Å². The van der Waals surface area contributed by atoms with Crippen LogP contribution < -0.4 is 0 Å². The number of fused-ring (bicyclic) bond motifs is 8. The van der Waals surface area contributed by atoms with Crippen molar-refractivity contribution in [2.75, 3.05) is 0 Å². The van der Waals surface area contributed by atoms with Crippen LogP contribution in [0.1, 0.15) is 45.5 Å². The molecule has 8 nitrogen and oxygen atoms in total. The van der Waals surface area contributed by atoms with Gasteiger partial charge in [0.15, 0.2) is 0 Å². The Labute approximate surface area is 310 Å². The van der Waals surface area contributed by atoms with E-state index in [2.05, 4.69) is 93.6 Å². The van der Waals surface area contributed by atoms with Gasteiger partial charge in [0.05, 0.1) is 40.3 Å². The zero-order valence-corrected chi connectivity index (χ0v) is 29.4. The minimum Gasteiger partial charge on any atom is -0.311 e. The van der Waals surface area contributed by atoms with E-state index in [4.69, 9.17) is 0 Å². The quantitative estimate of drug-likeness (QED) is 0.183. The van der Waals surface area contributed by atoms with E-state index < -0.39 is 0 Å². The van der Waals surface area contributed by atoms with Gasteiger partial charge in [0.1, 0.15) is 12.7 Å². The number of rotatable bonds is 4. The van der Waals surface area contributed by atoms with Crippen molar-refractivity contribution in [1.29, 1.82) is 0 Å². The molecule has 0 saturated heterocycles. The van der Waals surface area contributed by atoms with Gasteiger partial charge in [-0.15, -0.1) is 0 Å². The number of pyridine rings is 2. The molecule has 3 aliphatic rings. The number of allylic oxidation sites excluding steroid dienone is 1. The summed E-state index contributed by atoms with van der Waals surface area (Å²) in [5.74, 6) is 0. The van der Waals surface area contributed by atoms with Crippen LogP contribution in [0.25, 0.3) is 78.0 Å². The number of hydrogen-bond acceptors (Lipinski definition) is 6. The highest BCUT2D eigenvalue weighted by molar-refractivity contribution is 6.14. The van der Waals surface area contributed by atoms with Gasteiger partial charge >= 0.3 is 0 Å². The van der Waals surface area contributed by atoms with E-state index >= 15 is 0 Å². The molecule has 0 N–H and O–H groups in total. The molecule has 3 aromatic carbocycles. The molecular formula is C46H32N8. The zero-order chi connectivity index (χ0) is 35.3. The minimum atomic E-state index is 0.939. The van der Waals surface area contributed by atoms with Crippen LogP contribution in [0.4, 0.5) is 0 Å². The van der Waals surface area contributed by atoms with Crippen LogP contribution in [0.2, 0.25) is 0 Å². The number of aromatic nitrogens is 8. The Bertz CT molecular complexity index is 3020. The second-order valence-corrected chi connectivity index (χ2v) is 14.7. The van der Waals surface area contributed by atoms with E-state index in [1.807, 2.05) is 55.6 Å². The fourth-order valence-corrected chi connectivity index (χ4v) is 9.75. The molecular weight excluding hydrogens is 665 g/mol. The first-order valence-electron chi connectivity index (χ1n) is 18.7. The molecule has 12 rings (SSSR count). The van der Waals surface area contributed by atoms with Gasteiger partial charge in [-0.05, 0) is 138 Å². The van der Waals surface area contributed by atoms with Crippen LogP contribution >= 0.6 is 0 Å². The van der Waals surface area contributed by atoms with Gasteiger partial charge in [0.25, 0.3) is 0 Å². The monoisotopic (exact) mass is 696 g/mol. The molecule has 0 saturated carbocycles. The molecule has 8 heteroatoms. The third kappa shape index (κ3) is 4.19. The van der Waals surface area contributed by atoms with Crippen molar-refractivity contribution in [2.45, 2.75) is 38.5 Å². The molecule has 0 spiro atoms. The second-order valence-electron chi connectivity index (χ2n) is 14.7. The molecule has 0 atom stereocenters. The molecule has 0 radical (unpaired) electrons. The molecule has 0 amide bonds. The van der Waals surface area contributed by atoms with Crippen LogP contribution in [0, 0.1) is 0 Å². The first-order valence-corrected chi connectivity index (χ1v) is 18.7. The van der Waals surface area contributed by atoms with Crippen molar-refractivity contribution in [3.05, 3.63) is 156 Å². The molecule has 9 aromatic rings. The van der Waals surface area contributed by atoms with Crippen LogP contribution in [0.5, 0.6) is 0 Å². The fourth-order valence-electron chi connectivity index (χ4n) is 9.75. The summed E-state index contributed by atoms with van der Waals surface area (Å²) in [6.07, 6.45) is 26.8.